The van der Waals surface area contributed by atoms with E-state index in [0.717, 1.165) is 21.3 Å². The summed E-state index contributed by atoms with van der Waals surface area (Å²) >= 11 is 0. The topological polar surface area (TPSA) is 76.0 Å². The van der Waals surface area contributed by atoms with Crippen LogP contribution < -0.4 is 16.3 Å². The van der Waals surface area contributed by atoms with Crippen LogP contribution in [0.3, 0.4) is 0 Å². The van der Waals surface area contributed by atoms with E-state index in [1.165, 1.54) is 0 Å². The fourth-order valence-corrected chi connectivity index (χ4v) is 2.99. The van der Waals surface area contributed by atoms with Gasteiger partial charge in [0.05, 0.1) is 5.39 Å². The predicted octanol–water partition coefficient (Wildman–Crippen LogP) is 3.52. The van der Waals surface area contributed by atoms with E-state index < -0.39 is 6.03 Å². The van der Waals surface area contributed by atoms with Crippen molar-refractivity contribution in [3.05, 3.63) is 101 Å². The Kier molecular flexibility index (Phi) is 4.84. The molecule has 6 nitrogen and oxygen atoms in total. The minimum Gasteiger partial charge on any atom is -0.333 e. The van der Waals surface area contributed by atoms with Crippen LogP contribution in [0.15, 0.2) is 89.7 Å². The van der Waals surface area contributed by atoms with Gasteiger partial charge in [0.1, 0.15) is 5.69 Å². The maximum absolute atomic E-state index is 12.8. The van der Waals surface area contributed by atoms with Gasteiger partial charge in [0.2, 0.25) is 0 Å². The molecular weight excluding hydrogens is 352 g/mol. The van der Waals surface area contributed by atoms with Gasteiger partial charge in [-0.15, -0.1) is 9.89 Å². The number of carbonyl (C=O) groups excluding carboxylic acids is 1. The molecule has 0 spiro atoms. The smallest absolute Gasteiger partial charge is 0.333 e. The van der Waals surface area contributed by atoms with Crippen LogP contribution in [0, 0.1) is 0 Å². The number of fused-ring (bicyclic) bond motifs is 1. The summed E-state index contributed by atoms with van der Waals surface area (Å²) in [5.41, 5.74) is 4.59. The summed E-state index contributed by atoms with van der Waals surface area (Å²) in [7, 11) is 0. The highest BCUT2D eigenvalue weighted by molar-refractivity contribution is 5.94. The van der Waals surface area contributed by atoms with Crippen molar-refractivity contribution < 1.29 is 4.79 Å². The molecule has 0 aliphatic carbocycles. The summed E-state index contributed by atoms with van der Waals surface area (Å²) in [5.74, 6) is 0. The highest BCUT2D eigenvalue weighted by Gasteiger charge is 2.13. The molecule has 0 aliphatic heterocycles. The second-order valence-electron chi connectivity index (χ2n) is 6.26. The highest BCUT2D eigenvalue weighted by Crippen LogP contribution is 2.23. The zero-order valence-corrected chi connectivity index (χ0v) is 15.0. The number of carbonyl (C=O) groups is 1. The van der Waals surface area contributed by atoms with Gasteiger partial charge in [0.25, 0.3) is 5.56 Å². The van der Waals surface area contributed by atoms with Gasteiger partial charge >= 0.3 is 6.03 Å². The van der Waals surface area contributed by atoms with Crippen LogP contribution in [0.1, 0.15) is 5.56 Å². The quantitative estimate of drug-likeness (QED) is 0.577. The summed E-state index contributed by atoms with van der Waals surface area (Å²) in [6.07, 6.45) is 0. The normalized spacial score (nSPS) is 10.6. The third kappa shape index (κ3) is 3.61. The van der Waals surface area contributed by atoms with Crippen molar-refractivity contribution in [2.75, 3.05) is 5.43 Å². The lowest BCUT2D eigenvalue weighted by Gasteiger charge is -2.12. The van der Waals surface area contributed by atoms with Gasteiger partial charge in [-0.3, -0.25) is 4.79 Å². The van der Waals surface area contributed by atoms with E-state index in [4.69, 9.17) is 0 Å². The molecule has 28 heavy (non-hydrogen) atoms. The maximum atomic E-state index is 12.8. The minimum atomic E-state index is -0.507. The molecule has 0 atom stereocenters. The Morgan fingerprint density at radius 1 is 0.821 bits per heavy atom. The lowest BCUT2D eigenvalue weighted by atomic mass is 10.1. The lowest BCUT2D eigenvalue weighted by Crippen LogP contribution is -2.40. The SMILES string of the molecule is O=C(NCc1ccccc1)Nn1nc(-c2ccccc2)c2ccccc2c1=O. The second-order valence-corrected chi connectivity index (χ2v) is 6.26. The summed E-state index contributed by atoms with van der Waals surface area (Å²) < 4.78 is 0. The van der Waals surface area contributed by atoms with Gasteiger partial charge in [0, 0.05) is 17.5 Å². The third-order valence-corrected chi connectivity index (χ3v) is 4.36. The van der Waals surface area contributed by atoms with Crippen LogP contribution in [0.2, 0.25) is 0 Å². The molecule has 4 aromatic rings. The number of urea groups is 1. The molecule has 0 saturated carbocycles. The molecule has 2 N–H and O–H groups in total. The van der Waals surface area contributed by atoms with Crippen molar-refractivity contribution in [3.63, 3.8) is 0 Å². The van der Waals surface area contributed by atoms with E-state index in [2.05, 4.69) is 15.8 Å². The van der Waals surface area contributed by atoms with Crippen LogP contribution in [0.5, 0.6) is 0 Å². The molecule has 6 heteroatoms. The van der Waals surface area contributed by atoms with Crippen molar-refractivity contribution in [2.45, 2.75) is 6.54 Å². The third-order valence-electron chi connectivity index (χ3n) is 4.36. The molecule has 138 valence electrons. The van der Waals surface area contributed by atoms with Gasteiger partial charge in [-0.05, 0) is 11.6 Å². The van der Waals surface area contributed by atoms with Crippen molar-refractivity contribution in [3.8, 4) is 11.3 Å². The average Bonchev–Trinajstić information content (AvgIpc) is 2.76. The minimum absolute atomic E-state index is 0.348. The van der Waals surface area contributed by atoms with E-state index in [0.29, 0.717) is 17.6 Å². The van der Waals surface area contributed by atoms with E-state index in [-0.39, 0.29) is 5.56 Å². The molecule has 1 heterocycles. The average molecular weight is 370 g/mol. The Balaban J connectivity index is 1.66. The van der Waals surface area contributed by atoms with E-state index in [1.54, 1.807) is 12.1 Å². The number of hydrogen-bond acceptors (Lipinski definition) is 3. The molecule has 3 aromatic carbocycles. The molecule has 0 saturated heterocycles. The number of benzene rings is 3. The first kappa shape index (κ1) is 17.5. The molecule has 0 fully saturated rings. The van der Waals surface area contributed by atoms with Crippen molar-refractivity contribution in [1.29, 1.82) is 0 Å². The van der Waals surface area contributed by atoms with Crippen molar-refractivity contribution in [1.82, 2.24) is 15.2 Å². The summed E-state index contributed by atoms with van der Waals surface area (Å²) in [6.45, 7) is 0.348. The first-order valence-electron chi connectivity index (χ1n) is 8.88. The lowest BCUT2D eigenvalue weighted by molar-refractivity contribution is 0.248. The molecule has 2 amide bonds. The summed E-state index contributed by atoms with van der Waals surface area (Å²) in [4.78, 5) is 26.1. The monoisotopic (exact) mass is 370 g/mol. The van der Waals surface area contributed by atoms with E-state index in [9.17, 15) is 9.59 Å². The second kappa shape index (κ2) is 7.75. The van der Waals surface area contributed by atoms with Gasteiger partial charge in [-0.2, -0.15) is 0 Å². The summed E-state index contributed by atoms with van der Waals surface area (Å²) in [5, 5.41) is 8.35. The van der Waals surface area contributed by atoms with Crippen molar-refractivity contribution >= 4 is 16.8 Å². The Hall–Kier alpha value is -3.93. The zero-order chi connectivity index (χ0) is 19.3. The predicted molar refractivity (Wildman–Crippen MR) is 109 cm³/mol. The fraction of sp³-hybridized carbons (Fsp3) is 0.0455. The van der Waals surface area contributed by atoms with Gasteiger partial charge in [0.15, 0.2) is 0 Å². The Morgan fingerprint density at radius 3 is 2.14 bits per heavy atom. The molecular formula is C22H18N4O2. The zero-order valence-electron chi connectivity index (χ0n) is 15.0. The Labute approximate surface area is 161 Å². The number of amides is 2. The molecule has 0 bridgehead atoms. The van der Waals surface area contributed by atoms with Crippen LogP contribution in [0.25, 0.3) is 22.0 Å². The van der Waals surface area contributed by atoms with E-state index in [1.807, 2.05) is 72.8 Å². The van der Waals surface area contributed by atoms with Crippen LogP contribution in [-0.4, -0.2) is 15.9 Å². The first-order chi connectivity index (χ1) is 13.7. The maximum Gasteiger partial charge on any atom is 0.335 e. The van der Waals surface area contributed by atoms with E-state index >= 15 is 0 Å². The first-order valence-corrected chi connectivity index (χ1v) is 8.88. The van der Waals surface area contributed by atoms with Gasteiger partial charge < -0.3 is 5.32 Å². The standard InChI is InChI=1S/C22H18N4O2/c27-21-19-14-8-7-13-18(19)20(17-11-5-2-6-12-17)24-26(21)25-22(28)23-15-16-9-3-1-4-10-16/h1-14H,15H2,(H2,23,25,28). The number of nitrogens with zero attached hydrogens (tertiary/aromatic N) is 2. The van der Waals surface area contributed by atoms with Gasteiger partial charge in [-0.25, -0.2) is 10.2 Å². The number of nitrogens with one attached hydrogen (secondary N) is 2. The summed E-state index contributed by atoms with van der Waals surface area (Å²) in [6, 6.07) is 25.8. The van der Waals surface area contributed by atoms with Crippen LogP contribution in [0.4, 0.5) is 4.79 Å². The van der Waals surface area contributed by atoms with Crippen LogP contribution in [-0.2, 0) is 6.54 Å². The molecule has 0 unspecified atom stereocenters. The fourth-order valence-electron chi connectivity index (χ4n) is 2.99. The number of aromatic nitrogens is 2. The van der Waals surface area contributed by atoms with Crippen LogP contribution >= 0.6 is 0 Å². The molecule has 1 aromatic heterocycles. The van der Waals surface area contributed by atoms with Gasteiger partial charge in [-0.1, -0.05) is 78.9 Å². The molecule has 4 rings (SSSR count). The Morgan fingerprint density at radius 2 is 1.43 bits per heavy atom. The Bertz CT molecular complexity index is 1170. The number of rotatable bonds is 4. The molecule has 0 aliphatic rings. The highest BCUT2D eigenvalue weighted by atomic mass is 16.2. The number of hydrogen-bond donors (Lipinski definition) is 2. The largest absolute Gasteiger partial charge is 0.335 e. The molecule has 0 radical (unpaired) electrons. The van der Waals surface area contributed by atoms with Crippen molar-refractivity contribution in [2.24, 2.45) is 0 Å².